The average molecular weight is 397 g/mol. The molecule has 0 unspecified atom stereocenters. The SMILES string of the molecule is CC1=CC(C)(C)N2C(=O)C(=C3C(=O)N(c4ccccc4)N=C3C)c3cc(C)cc1c32. The Bertz CT molecular complexity index is 1230. The van der Waals surface area contributed by atoms with Gasteiger partial charge in [-0.1, -0.05) is 24.3 Å². The number of hydrazone groups is 1. The maximum Gasteiger partial charge on any atom is 0.281 e. The molecule has 0 atom stereocenters. The highest BCUT2D eigenvalue weighted by Crippen LogP contribution is 2.50. The Morgan fingerprint density at radius 1 is 0.867 bits per heavy atom. The van der Waals surface area contributed by atoms with Crippen LogP contribution in [0.3, 0.4) is 0 Å². The van der Waals surface area contributed by atoms with Crippen LogP contribution in [0.5, 0.6) is 0 Å². The fourth-order valence-electron chi connectivity index (χ4n) is 4.84. The molecule has 0 bridgehead atoms. The molecular formula is C25H23N3O2. The van der Waals surface area contributed by atoms with Gasteiger partial charge in [0.05, 0.1) is 33.8 Å². The molecule has 0 fully saturated rings. The maximum absolute atomic E-state index is 13.7. The van der Waals surface area contributed by atoms with Gasteiger partial charge in [-0.25, -0.2) is 0 Å². The first-order chi connectivity index (χ1) is 14.2. The summed E-state index contributed by atoms with van der Waals surface area (Å²) in [5.74, 6) is -0.405. The molecule has 0 saturated heterocycles. The van der Waals surface area contributed by atoms with E-state index >= 15 is 0 Å². The molecule has 0 aromatic heterocycles. The van der Waals surface area contributed by atoms with E-state index in [1.54, 1.807) is 6.92 Å². The highest BCUT2D eigenvalue weighted by Gasteiger charge is 2.47. The summed E-state index contributed by atoms with van der Waals surface area (Å²) >= 11 is 0. The molecule has 0 aliphatic carbocycles. The zero-order valence-electron chi connectivity index (χ0n) is 17.8. The highest BCUT2D eigenvalue weighted by atomic mass is 16.2. The molecule has 3 heterocycles. The molecule has 2 aromatic carbocycles. The quantitative estimate of drug-likeness (QED) is 0.654. The number of hydrogen-bond donors (Lipinski definition) is 0. The Labute approximate surface area is 176 Å². The number of carbonyl (C=O) groups excluding carboxylic acids is 2. The van der Waals surface area contributed by atoms with Crippen molar-refractivity contribution in [3.05, 3.63) is 70.8 Å². The van der Waals surface area contributed by atoms with Crippen LogP contribution >= 0.6 is 0 Å². The van der Waals surface area contributed by atoms with Gasteiger partial charge in [0, 0.05) is 11.1 Å². The van der Waals surface area contributed by atoms with E-state index in [0.717, 1.165) is 28.0 Å². The van der Waals surface area contributed by atoms with Crippen LogP contribution in [-0.2, 0) is 9.59 Å². The van der Waals surface area contributed by atoms with Crippen molar-refractivity contribution in [2.24, 2.45) is 5.10 Å². The number of amides is 2. The zero-order chi connectivity index (χ0) is 21.4. The maximum atomic E-state index is 13.7. The summed E-state index contributed by atoms with van der Waals surface area (Å²) in [6.07, 6.45) is 2.12. The van der Waals surface area contributed by atoms with E-state index in [1.165, 1.54) is 5.01 Å². The van der Waals surface area contributed by atoms with E-state index < -0.39 is 5.54 Å². The van der Waals surface area contributed by atoms with Crippen molar-refractivity contribution in [1.29, 1.82) is 0 Å². The number of benzene rings is 2. The van der Waals surface area contributed by atoms with Gasteiger partial charge >= 0.3 is 0 Å². The average Bonchev–Trinajstić information content (AvgIpc) is 3.13. The monoisotopic (exact) mass is 397 g/mol. The van der Waals surface area contributed by atoms with Gasteiger partial charge < -0.3 is 0 Å². The number of allylic oxidation sites excluding steroid dienone is 1. The van der Waals surface area contributed by atoms with E-state index in [-0.39, 0.29) is 11.8 Å². The van der Waals surface area contributed by atoms with Gasteiger partial charge in [0.25, 0.3) is 11.8 Å². The molecular weight excluding hydrogens is 374 g/mol. The Hall–Kier alpha value is -3.47. The molecule has 5 nitrogen and oxygen atoms in total. The Morgan fingerprint density at radius 3 is 2.23 bits per heavy atom. The van der Waals surface area contributed by atoms with Crippen molar-refractivity contribution in [3.8, 4) is 0 Å². The number of anilines is 2. The largest absolute Gasteiger partial charge is 0.298 e. The summed E-state index contributed by atoms with van der Waals surface area (Å²) in [6.45, 7) is 9.95. The van der Waals surface area contributed by atoms with Crippen molar-refractivity contribution in [1.82, 2.24) is 0 Å². The van der Waals surface area contributed by atoms with Gasteiger partial charge in [-0.2, -0.15) is 10.1 Å². The number of carbonyl (C=O) groups is 2. The lowest BCUT2D eigenvalue weighted by Crippen LogP contribution is -2.46. The molecule has 0 saturated carbocycles. The number of para-hydroxylation sites is 1. The fraction of sp³-hybridized carbons (Fsp3) is 0.240. The Balaban J connectivity index is 1.76. The lowest BCUT2D eigenvalue weighted by molar-refractivity contribution is -0.116. The lowest BCUT2D eigenvalue weighted by atomic mass is 9.88. The zero-order valence-corrected chi connectivity index (χ0v) is 17.8. The summed E-state index contributed by atoms with van der Waals surface area (Å²) < 4.78 is 0. The first-order valence-corrected chi connectivity index (χ1v) is 10.1. The first-order valence-electron chi connectivity index (χ1n) is 10.1. The predicted molar refractivity (Wildman–Crippen MR) is 120 cm³/mol. The molecule has 5 heteroatoms. The normalized spacial score (nSPS) is 21.8. The minimum Gasteiger partial charge on any atom is -0.298 e. The van der Waals surface area contributed by atoms with Crippen molar-refractivity contribution in [3.63, 3.8) is 0 Å². The van der Waals surface area contributed by atoms with Gasteiger partial charge in [0.15, 0.2) is 0 Å². The Kier molecular flexibility index (Phi) is 3.72. The van der Waals surface area contributed by atoms with Crippen molar-refractivity contribution in [2.75, 3.05) is 9.91 Å². The summed E-state index contributed by atoms with van der Waals surface area (Å²) in [7, 11) is 0. The number of hydrogen-bond acceptors (Lipinski definition) is 3. The second kappa shape index (κ2) is 6.02. The first kappa shape index (κ1) is 18.6. The molecule has 150 valence electrons. The molecule has 5 rings (SSSR count). The second-order valence-corrected chi connectivity index (χ2v) is 8.72. The van der Waals surface area contributed by atoms with Crippen LogP contribution < -0.4 is 9.91 Å². The standard InChI is InChI=1S/C25H23N3O2/c1-14-11-18-15(2)13-25(4,5)27-22(18)19(12-14)21(23(27)29)20-16(3)26-28(24(20)30)17-9-7-6-8-10-17/h6-13H,1-5H3. The third kappa shape index (κ3) is 2.38. The van der Waals surface area contributed by atoms with Crippen LogP contribution in [0.2, 0.25) is 0 Å². The van der Waals surface area contributed by atoms with Crippen molar-refractivity contribution < 1.29 is 9.59 Å². The topological polar surface area (TPSA) is 53.0 Å². The minimum absolute atomic E-state index is 0.140. The molecule has 0 spiro atoms. The second-order valence-electron chi connectivity index (χ2n) is 8.72. The van der Waals surface area contributed by atoms with E-state index in [2.05, 4.69) is 24.2 Å². The van der Waals surface area contributed by atoms with E-state index in [9.17, 15) is 9.59 Å². The van der Waals surface area contributed by atoms with Crippen LogP contribution in [-0.4, -0.2) is 23.1 Å². The molecule has 0 radical (unpaired) electrons. The molecule has 2 amide bonds. The van der Waals surface area contributed by atoms with Gasteiger partial charge in [0.2, 0.25) is 0 Å². The van der Waals surface area contributed by atoms with Gasteiger partial charge in [-0.15, -0.1) is 0 Å². The smallest absolute Gasteiger partial charge is 0.281 e. The number of rotatable bonds is 1. The van der Waals surface area contributed by atoms with Crippen LogP contribution in [0.25, 0.3) is 11.1 Å². The molecule has 3 aliphatic heterocycles. The molecule has 0 N–H and O–H groups in total. The van der Waals surface area contributed by atoms with Crippen LogP contribution in [0, 0.1) is 6.92 Å². The van der Waals surface area contributed by atoms with Crippen LogP contribution in [0.1, 0.15) is 44.4 Å². The lowest BCUT2D eigenvalue weighted by Gasteiger charge is -2.38. The van der Waals surface area contributed by atoms with Crippen molar-refractivity contribution >= 4 is 40.0 Å². The third-order valence-corrected chi connectivity index (χ3v) is 6.00. The van der Waals surface area contributed by atoms with E-state index in [1.807, 2.05) is 62.1 Å². The van der Waals surface area contributed by atoms with Crippen LogP contribution in [0.15, 0.2) is 59.2 Å². The van der Waals surface area contributed by atoms with Crippen LogP contribution in [0.4, 0.5) is 11.4 Å². The highest BCUT2D eigenvalue weighted by molar-refractivity contribution is 6.46. The number of nitrogens with zero attached hydrogens (tertiary/aromatic N) is 3. The van der Waals surface area contributed by atoms with Gasteiger partial charge in [-0.05, 0) is 70.0 Å². The number of aryl methyl sites for hydroxylation is 1. The minimum atomic E-state index is -0.480. The molecule has 30 heavy (non-hydrogen) atoms. The molecule has 3 aliphatic rings. The van der Waals surface area contributed by atoms with E-state index in [4.69, 9.17) is 0 Å². The Morgan fingerprint density at radius 2 is 1.53 bits per heavy atom. The van der Waals surface area contributed by atoms with Crippen molar-refractivity contribution in [2.45, 2.75) is 40.2 Å². The van der Waals surface area contributed by atoms with Gasteiger partial charge in [0.1, 0.15) is 0 Å². The summed E-state index contributed by atoms with van der Waals surface area (Å²) in [6, 6.07) is 13.4. The summed E-state index contributed by atoms with van der Waals surface area (Å²) in [5.41, 5.74) is 6.58. The summed E-state index contributed by atoms with van der Waals surface area (Å²) in [5, 5.41) is 5.88. The van der Waals surface area contributed by atoms with Gasteiger partial charge in [-0.3, -0.25) is 14.5 Å². The third-order valence-electron chi connectivity index (χ3n) is 6.00. The molecule has 2 aromatic rings. The predicted octanol–water partition coefficient (Wildman–Crippen LogP) is 4.71. The fourth-order valence-corrected chi connectivity index (χ4v) is 4.84. The summed E-state index contributed by atoms with van der Waals surface area (Å²) in [4.78, 5) is 29.0. The van der Waals surface area contributed by atoms with E-state index in [0.29, 0.717) is 22.5 Å².